The molecular weight excluding hydrogens is 444 g/mol. The number of hydrogen-bond acceptors (Lipinski definition) is 6. The van der Waals surface area contributed by atoms with E-state index in [9.17, 15) is 15.0 Å². The smallest absolute Gasteiger partial charge is 0.302 e. The topological polar surface area (TPSA) is 85.2 Å². The van der Waals surface area contributed by atoms with Gasteiger partial charge in [-0.05, 0) is 92.1 Å². The molecule has 4 aliphatic carbocycles. The first-order chi connectivity index (χ1) is 16.6. The quantitative estimate of drug-likeness (QED) is 0.579. The zero-order valence-corrected chi connectivity index (χ0v) is 21.3. The SMILES string of the molecule is CC(=O)OC[C@@]1(O)CC[C@]23C[C@H]1C[C@@H]2CC[C@H]1[C@]2(C)CO[C@H](c4ccc(O)cc4)O[C@@H]2CC[C@@]13C. The van der Waals surface area contributed by atoms with Crippen molar-refractivity contribution in [3.63, 3.8) is 0 Å². The van der Waals surface area contributed by atoms with Crippen molar-refractivity contribution < 1.29 is 29.2 Å². The second kappa shape index (κ2) is 7.93. The van der Waals surface area contributed by atoms with Gasteiger partial charge in [0.05, 0.1) is 12.7 Å². The van der Waals surface area contributed by atoms with Crippen LogP contribution in [0.3, 0.4) is 0 Å². The van der Waals surface area contributed by atoms with E-state index < -0.39 is 5.60 Å². The van der Waals surface area contributed by atoms with E-state index >= 15 is 0 Å². The van der Waals surface area contributed by atoms with E-state index in [2.05, 4.69) is 13.8 Å². The molecular formula is C29H40O6. The Kier molecular flexibility index (Phi) is 5.38. The van der Waals surface area contributed by atoms with E-state index in [-0.39, 0.29) is 52.9 Å². The maximum Gasteiger partial charge on any atom is 0.302 e. The molecule has 0 aromatic heterocycles. The first kappa shape index (κ1) is 23.7. The predicted molar refractivity (Wildman–Crippen MR) is 129 cm³/mol. The third-order valence-electron chi connectivity index (χ3n) is 11.4. The number of benzene rings is 1. The van der Waals surface area contributed by atoms with Gasteiger partial charge in [-0.2, -0.15) is 0 Å². The van der Waals surface area contributed by atoms with Gasteiger partial charge >= 0.3 is 5.97 Å². The van der Waals surface area contributed by atoms with Gasteiger partial charge in [0, 0.05) is 17.9 Å². The van der Waals surface area contributed by atoms with Crippen LogP contribution in [0.25, 0.3) is 0 Å². The van der Waals surface area contributed by atoms with E-state index in [0.717, 1.165) is 44.1 Å². The Hall–Kier alpha value is -1.63. The van der Waals surface area contributed by atoms with Crippen molar-refractivity contribution in [2.24, 2.45) is 34.0 Å². The number of phenols is 1. The summed E-state index contributed by atoms with van der Waals surface area (Å²) in [5.41, 5.74) is 0.472. The van der Waals surface area contributed by atoms with Crippen LogP contribution in [-0.2, 0) is 19.0 Å². The first-order valence-electron chi connectivity index (χ1n) is 13.5. The number of rotatable bonds is 3. The molecule has 2 bridgehead atoms. The summed E-state index contributed by atoms with van der Waals surface area (Å²) in [6.07, 6.45) is 8.15. The summed E-state index contributed by atoms with van der Waals surface area (Å²) in [7, 11) is 0. The zero-order valence-electron chi connectivity index (χ0n) is 21.3. The molecule has 1 spiro atoms. The van der Waals surface area contributed by atoms with Crippen molar-refractivity contribution in [3.05, 3.63) is 29.8 Å². The van der Waals surface area contributed by atoms with Crippen molar-refractivity contribution in [2.75, 3.05) is 13.2 Å². The Bertz CT molecular complexity index is 993. The second-order valence-corrected chi connectivity index (χ2v) is 12.8. The van der Waals surface area contributed by atoms with E-state index in [4.69, 9.17) is 14.2 Å². The summed E-state index contributed by atoms with van der Waals surface area (Å²) in [4.78, 5) is 11.5. The number of aliphatic hydroxyl groups is 1. The third kappa shape index (κ3) is 3.35. The molecule has 6 nitrogen and oxygen atoms in total. The summed E-state index contributed by atoms with van der Waals surface area (Å²) in [5.74, 6) is 1.30. The van der Waals surface area contributed by atoms with Gasteiger partial charge in [-0.25, -0.2) is 0 Å². The van der Waals surface area contributed by atoms with Crippen LogP contribution in [0.1, 0.15) is 84.0 Å². The van der Waals surface area contributed by atoms with E-state index in [1.54, 1.807) is 12.1 Å². The summed E-state index contributed by atoms with van der Waals surface area (Å²) in [6.45, 7) is 7.17. The Balaban J connectivity index is 1.24. The molecule has 35 heavy (non-hydrogen) atoms. The van der Waals surface area contributed by atoms with E-state index in [1.165, 1.54) is 19.8 Å². The highest BCUT2D eigenvalue weighted by molar-refractivity contribution is 5.66. The van der Waals surface area contributed by atoms with Crippen LogP contribution in [0.15, 0.2) is 24.3 Å². The largest absolute Gasteiger partial charge is 0.508 e. The van der Waals surface area contributed by atoms with Crippen LogP contribution in [0.4, 0.5) is 0 Å². The van der Waals surface area contributed by atoms with Gasteiger partial charge in [0.2, 0.25) is 0 Å². The predicted octanol–water partition coefficient (Wildman–Crippen LogP) is 5.12. The number of phenolic OH excluding ortho intramolecular Hbond substituents is 1. The summed E-state index contributed by atoms with van der Waals surface area (Å²) in [5, 5.41) is 21.1. The fourth-order valence-corrected chi connectivity index (χ4v) is 9.58. The molecule has 1 saturated heterocycles. The molecule has 5 aliphatic rings. The molecule has 1 aromatic rings. The minimum absolute atomic E-state index is 0.0380. The average Bonchev–Trinajstić information content (AvgIpc) is 3.18. The number of fused-ring (bicyclic) bond motifs is 4. The molecule has 0 unspecified atom stereocenters. The second-order valence-electron chi connectivity index (χ2n) is 12.8. The van der Waals surface area contributed by atoms with Gasteiger partial charge < -0.3 is 24.4 Å². The highest BCUT2D eigenvalue weighted by Gasteiger charge is 2.71. The Morgan fingerprint density at radius 1 is 1.09 bits per heavy atom. The molecule has 6 rings (SSSR count). The highest BCUT2D eigenvalue weighted by atomic mass is 16.7. The molecule has 1 heterocycles. The average molecular weight is 485 g/mol. The number of carbonyl (C=O) groups excluding carboxylic acids is 1. The normalized spacial score (nSPS) is 48.4. The Morgan fingerprint density at radius 2 is 1.86 bits per heavy atom. The lowest BCUT2D eigenvalue weighted by molar-refractivity contribution is -0.320. The lowest BCUT2D eigenvalue weighted by atomic mass is 9.39. The Labute approximate surface area is 208 Å². The molecule has 9 atom stereocenters. The van der Waals surface area contributed by atoms with Crippen molar-refractivity contribution in [3.8, 4) is 5.75 Å². The number of aromatic hydroxyl groups is 1. The van der Waals surface area contributed by atoms with Crippen molar-refractivity contribution in [1.82, 2.24) is 0 Å². The maximum atomic E-state index is 11.5. The van der Waals surface area contributed by atoms with Crippen molar-refractivity contribution in [1.29, 1.82) is 0 Å². The van der Waals surface area contributed by atoms with Crippen LogP contribution in [-0.4, -0.2) is 41.1 Å². The molecule has 192 valence electrons. The van der Waals surface area contributed by atoms with Gasteiger partial charge in [-0.1, -0.05) is 26.0 Å². The highest BCUT2D eigenvalue weighted by Crippen LogP contribution is 2.76. The molecule has 1 aromatic carbocycles. The summed E-state index contributed by atoms with van der Waals surface area (Å²) >= 11 is 0. The van der Waals surface area contributed by atoms with Gasteiger partial charge in [0.15, 0.2) is 6.29 Å². The first-order valence-corrected chi connectivity index (χ1v) is 13.5. The maximum absolute atomic E-state index is 11.5. The van der Waals surface area contributed by atoms with Crippen LogP contribution in [0, 0.1) is 34.0 Å². The minimum atomic E-state index is -0.879. The van der Waals surface area contributed by atoms with Crippen LogP contribution in [0.2, 0.25) is 0 Å². The van der Waals surface area contributed by atoms with Crippen molar-refractivity contribution in [2.45, 2.75) is 90.1 Å². The number of hydrogen-bond donors (Lipinski definition) is 2. The fraction of sp³-hybridized carbons (Fsp3) is 0.759. The summed E-state index contributed by atoms with van der Waals surface area (Å²) < 4.78 is 18.3. The van der Waals surface area contributed by atoms with Gasteiger partial charge in [-0.15, -0.1) is 0 Å². The number of ether oxygens (including phenoxy) is 3. The molecule has 4 saturated carbocycles. The Morgan fingerprint density at radius 3 is 2.60 bits per heavy atom. The standard InChI is InChI=1S/C29H40O6/c1-18(30)33-17-29(32)13-12-28-15-21(29)14-20(28)6-9-23-26(2)16-34-25(19-4-7-22(31)8-5-19)35-24(26)10-11-27(23,28)3/h4-5,7-8,20-21,23-25,31-32H,6,9-17H2,1-3H3/t20-,21+,23-,24+,25-,26-,27-,28-,29-/m0/s1. The van der Waals surface area contributed by atoms with E-state index in [1.807, 2.05) is 12.1 Å². The minimum Gasteiger partial charge on any atom is -0.508 e. The molecule has 6 heteroatoms. The van der Waals surface area contributed by atoms with Gasteiger partial charge in [-0.3, -0.25) is 4.79 Å². The van der Waals surface area contributed by atoms with Crippen molar-refractivity contribution >= 4 is 5.97 Å². The molecule has 2 N–H and O–H groups in total. The lowest BCUT2D eigenvalue weighted by Crippen LogP contribution is -2.64. The molecule has 1 aliphatic heterocycles. The zero-order chi connectivity index (χ0) is 24.6. The molecule has 0 amide bonds. The number of carbonyl (C=O) groups is 1. The lowest BCUT2D eigenvalue weighted by Gasteiger charge is -2.68. The van der Waals surface area contributed by atoms with Gasteiger partial charge in [0.25, 0.3) is 0 Å². The van der Waals surface area contributed by atoms with Crippen LogP contribution in [0.5, 0.6) is 5.75 Å². The molecule has 5 fully saturated rings. The fourth-order valence-electron chi connectivity index (χ4n) is 9.58. The van der Waals surface area contributed by atoms with E-state index in [0.29, 0.717) is 18.4 Å². The summed E-state index contributed by atoms with van der Waals surface area (Å²) in [6, 6.07) is 7.15. The van der Waals surface area contributed by atoms with Crippen LogP contribution < -0.4 is 0 Å². The number of esters is 1. The van der Waals surface area contributed by atoms with Crippen LogP contribution >= 0.6 is 0 Å². The van der Waals surface area contributed by atoms with Gasteiger partial charge in [0.1, 0.15) is 18.0 Å². The monoisotopic (exact) mass is 484 g/mol. The third-order valence-corrected chi connectivity index (χ3v) is 11.4. The molecule has 0 radical (unpaired) electrons.